The van der Waals surface area contributed by atoms with Crippen molar-refractivity contribution in [1.29, 1.82) is 0 Å². The molecule has 5 aliphatic rings. The largest absolute Gasteiger partial charge is 0.497 e. The Kier molecular flexibility index (Phi) is 4.24. The second kappa shape index (κ2) is 6.74. The second-order valence-electron chi connectivity index (χ2n) is 9.41. The first-order chi connectivity index (χ1) is 14.1. The molecule has 1 aromatic carbocycles. The quantitative estimate of drug-likeness (QED) is 0.657. The van der Waals surface area contributed by atoms with E-state index in [-0.39, 0.29) is 16.7 Å². The molecule has 5 fully saturated rings. The number of amides is 1. The second-order valence-corrected chi connectivity index (χ2v) is 11.3. The molecule has 0 N–H and O–H groups in total. The van der Waals surface area contributed by atoms with E-state index in [0.717, 1.165) is 34.2 Å². The van der Waals surface area contributed by atoms with E-state index in [2.05, 4.69) is 17.5 Å². The van der Waals surface area contributed by atoms with Crippen LogP contribution in [0.2, 0.25) is 0 Å². The van der Waals surface area contributed by atoms with Gasteiger partial charge in [0.2, 0.25) is 5.91 Å². The molecule has 2 aromatic rings. The van der Waals surface area contributed by atoms with Gasteiger partial charge in [0.15, 0.2) is 5.13 Å². The molecule has 152 valence electrons. The SMILES string of the molecule is COc1ccc(C2SCC(=O)N2c2nc(C34CC5CC(CC(C5)C3)C4)cs2)cc1. The molecule has 0 spiro atoms. The predicted octanol–water partition coefficient (Wildman–Crippen LogP) is 5.40. The van der Waals surface area contributed by atoms with Crippen LogP contribution in [0.5, 0.6) is 5.75 Å². The van der Waals surface area contributed by atoms with E-state index in [1.165, 1.54) is 44.2 Å². The molecular weight excluding hydrogens is 400 g/mol. The molecule has 4 saturated carbocycles. The third-order valence-corrected chi connectivity index (χ3v) is 9.60. The highest BCUT2D eigenvalue weighted by Crippen LogP contribution is 2.61. The summed E-state index contributed by atoms with van der Waals surface area (Å²) < 4.78 is 5.29. The summed E-state index contributed by atoms with van der Waals surface area (Å²) in [7, 11) is 1.68. The van der Waals surface area contributed by atoms with Crippen molar-refractivity contribution in [3.05, 3.63) is 40.9 Å². The van der Waals surface area contributed by atoms with Gasteiger partial charge in [0.1, 0.15) is 11.1 Å². The topological polar surface area (TPSA) is 42.4 Å². The van der Waals surface area contributed by atoms with E-state index < -0.39 is 0 Å². The minimum Gasteiger partial charge on any atom is -0.497 e. The lowest BCUT2D eigenvalue weighted by molar-refractivity contribution is -0.115. The van der Waals surface area contributed by atoms with Crippen LogP contribution in [0.3, 0.4) is 0 Å². The van der Waals surface area contributed by atoms with E-state index in [9.17, 15) is 4.79 Å². The number of carbonyl (C=O) groups is 1. The molecule has 2 heterocycles. The molecule has 1 atom stereocenters. The van der Waals surface area contributed by atoms with Crippen LogP contribution in [-0.4, -0.2) is 23.8 Å². The Morgan fingerprint density at radius 2 is 1.72 bits per heavy atom. The fourth-order valence-electron chi connectivity index (χ4n) is 6.69. The average Bonchev–Trinajstić information content (AvgIpc) is 3.34. The molecule has 1 aromatic heterocycles. The Morgan fingerprint density at radius 1 is 1.07 bits per heavy atom. The van der Waals surface area contributed by atoms with E-state index >= 15 is 0 Å². The number of ether oxygens (including phenoxy) is 1. The highest BCUT2D eigenvalue weighted by Gasteiger charge is 2.53. The first-order valence-electron chi connectivity index (χ1n) is 10.7. The van der Waals surface area contributed by atoms with Crippen molar-refractivity contribution in [3.8, 4) is 5.75 Å². The van der Waals surface area contributed by atoms with Crippen molar-refractivity contribution in [2.45, 2.75) is 49.3 Å². The molecule has 1 unspecified atom stereocenters. The number of aromatic nitrogens is 1. The smallest absolute Gasteiger partial charge is 0.240 e. The van der Waals surface area contributed by atoms with Gasteiger partial charge in [0.05, 0.1) is 18.6 Å². The number of methoxy groups -OCH3 is 1. The monoisotopic (exact) mass is 426 g/mol. The van der Waals surface area contributed by atoms with Crippen LogP contribution in [0.25, 0.3) is 0 Å². The summed E-state index contributed by atoms with van der Waals surface area (Å²) in [4.78, 5) is 19.8. The zero-order valence-corrected chi connectivity index (χ0v) is 18.3. The van der Waals surface area contributed by atoms with Gasteiger partial charge in [-0.3, -0.25) is 9.69 Å². The molecule has 4 nitrogen and oxygen atoms in total. The van der Waals surface area contributed by atoms with Crippen LogP contribution >= 0.6 is 23.1 Å². The van der Waals surface area contributed by atoms with Crippen molar-refractivity contribution in [2.24, 2.45) is 17.8 Å². The zero-order valence-electron chi connectivity index (χ0n) is 16.7. The van der Waals surface area contributed by atoms with Gasteiger partial charge >= 0.3 is 0 Å². The minimum absolute atomic E-state index is 0.00349. The zero-order chi connectivity index (χ0) is 19.6. The van der Waals surface area contributed by atoms with Crippen LogP contribution in [0.1, 0.15) is 55.2 Å². The summed E-state index contributed by atoms with van der Waals surface area (Å²) in [6.45, 7) is 0. The van der Waals surface area contributed by atoms with Crippen LogP contribution in [0.4, 0.5) is 5.13 Å². The molecule has 1 aliphatic heterocycles. The van der Waals surface area contributed by atoms with Gasteiger partial charge in [0, 0.05) is 10.8 Å². The van der Waals surface area contributed by atoms with E-state index in [1.54, 1.807) is 30.2 Å². The Bertz CT molecular complexity index is 903. The Hall–Kier alpha value is -1.53. The predicted molar refractivity (Wildman–Crippen MR) is 118 cm³/mol. The number of thioether (sulfide) groups is 1. The number of rotatable bonds is 4. The maximum atomic E-state index is 12.8. The highest BCUT2D eigenvalue weighted by molar-refractivity contribution is 8.00. The normalized spacial score (nSPS) is 35.5. The number of hydrogen-bond acceptors (Lipinski definition) is 5. The third kappa shape index (κ3) is 2.94. The summed E-state index contributed by atoms with van der Waals surface area (Å²) in [5, 5.41) is 3.15. The molecule has 4 aliphatic carbocycles. The van der Waals surface area contributed by atoms with Crippen molar-refractivity contribution in [1.82, 2.24) is 4.98 Å². The summed E-state index contributed by atoms with van der Waals surface area (Å²) >= 11 is 3.35. The van der Waals surface area contributed by atoms with Gasteiger partial charge in [-0.05, 0) is 74.0 Å². The van der Waals surface area contributed by atoms with Crippen molar-refractivity contribution in [3.63, 3.8) is 0 Å². The van der Waals surface area contributed by atoms with Crippen LogP contribution in [0, 0.1) is 17.8 Å². The third-order valence-electron chi connectivity index (χ3n) is 7.55. The van der Waals surface area contributed by atoms with E-state index in [1.807, 2.05) is 17.0 Å². The van der Waals surface area contributed by atoms with Gasteiger partial charge in [-0.1, -0.05) is 12.1 Å². The van der Waals surface area contributed by atoms with Crippen molar-refractivity contribution in [2.75, 3.05) is 17.8 Å². The molecular formula is C23H26N2O2S2. The summed E-state index contributed by atoms with van der Waals surface area (Å²) in [6.07, 6.45) is 8.26. The molecule has 6 heteroatoms. The molecule has 1 amide bonds. The minimum atomic E-state index is 0.00349. The van der Waals surface area contributed by atoms with Crippen LogP contribution < -0.4 is 9.64 Å². The lowest BCUT2D eigenvalue weighted by Crippen LogP contribution is -2.48. The summed E-state index contributed by atoms with van der Waals surface area (Å²) in [5.41, 5.74) is 2.69. The lowest BCUT2D eigenvalue weighted by atomic mass is 9.49. The Labute approximate surface area is 180 Å². The van der Waals surface area contributed by atoms with Gasteiger partial charge in [-0.25, -0.2) is 4.98 Å². The average molecular weight is 427 g/mol. The number of hydrogen-bond donors (Lipinski definition) is 0. The van der Waals surface area contributed by atoms with Crippen LogP contribution in [0.15, 0.2) is 29.6 Å². The van der Waals surface area contributed by atoms with E-state index in [0.29, 0.717) is 5.75 Å². The molecule has 4 bridgehead atoms. The highest BCUT2D eigenvalue weighted by atomic mass is 32.2. The van der Waals surface area contributed by atoms with Gasteiger partial charge < -0.3 is 4.74 Å². The summed E-state index contributed by atoms with van der Waals surface area (Å²) in [6, 6.07) is 8.07. The Morgan fingerprint density at radius 3 is 2.34 bits per heavy atom. The molecule has 29 heavy (non-hydrogen) atoms. The van der Waals surface area contributed by atoms with Gasteiger partial charge in [-0.15, -0.1) is 23.1 Å². The fourth-order valence-corrected chi connectivity index (χ4v) is 8.90. The van der Waals surface area contributed by atoms with Crippen molar-refractivity contribution >= 4 is 34.1 Å². The Balaban J connectivity index is 1.31. The number of thiazole rings is 1. The molecule has 0 radical (unpaired) electrons. The molecule has 7 rings (SSSR count). The number of anilines is 1. The first-order valence-corrected chi connectivity index (χ1v) is 12.6. The maximum Gasteiger partial charge on any atom is 0.240 e. The lowest BCUT2D eigenvalue weighted by Gasteiger charge is -2.56. The standard InChI is InChI=1S/C23H26N2O2S2/c1-27-18-4-2-17(3-5-18)21-25(20(26)13-28-21)22-24-19(12-29-22)23-9-14-6-15(10-23)8-16(7-14)11-23/h2-5,12,14-16,21H,6-11,13H2,1H3. The fraction of sp³-hybridized carbons (Fsp3) is 0.565. The summed E-state index contributed by atoms with van der Waals surface area (Å²) in [5.74, 6) is 4.24. The molecule has 1 saturated heterocycles. The number of benzene rings is 1. The maximum absolute atomic E-state index is 12.8. The van der Waals surface area contributed by atoms with Gasteiger partial charge in [0.25, 0.3) is 0 Å². The first kappa shape index (κ1) is 18.3. The van der Waals surface area contributed by atoms with Gasteiger partial charge in [-0.2, -0.15) is 0 Å². The number of carbonyl (C=O) groups excluding carboxylic acids is 1. The van der Waals surface area contributed by atoms with Crippen molar-refractivity contribution < 1.29 is 9.53 Å². The van der Waals surface area contributed by atoms with E-state index in [4.69, 9.17) is 9.72 Å². The number of nitrogens with zero attached hydrogens (tertiary/aromatic N) is 2. The van der Waals surface area contributed by atoms with Crippen LogP contribution in [-0.2, 0) is 10.2 Å².